The van der Waals surface area contributed by atoms with Gasteiger partial charge in [0, 0.05) is 31.2 Å². The number of nitrogens with one attached hydrogen (secondary N) is 1. The van der Waals surface area contributed by atoms with E-state index in [-0.39, 0.29) is 11.9 Å². The lowest BCUT2D eigenvalue weighted by atomic mass is 10.0. The molecular formula is C26H26F2N2O2. The minimum absolute atomic E-state index is 0.0645. The first-order chi connectivity index (χ1) is 15.5. The first kappa shape index (κ1) is 22.0. The van der Waals surface area contributed by atoms with E-state index >= 15 is 0 Å². The van der Waals surface area contributed by atoms with Gasteiger partial charge < -0.3 is 10.1 Å². The van der Waals surface area contributed by atoms with Crippen molar-refractivity contribution >= 4 is 5.91 Å². The molecule has 6 heteroatoms. The maximum absolute atomic E-state index is 13.6. The molecule has 1 aliphatic rings. The van der Waals surface area contributed by atoms with Gasteiger partial charge in [-0.25, -0.2) is 8.78 Å². The number of rotatable bonds is 6. The number of piperidine rings is 1. The van der Waals surface area contributed by atoms with Crippen LogP contribution in [0.1, 0.15) is 28.8 Å². The van der Waals surface area contributed by atoms with Crippen molar-refractivity contribution in [3.8, 4) is 16.9 Å². The van der Waals surface area contributed by atoms with Crippen molar-refractivity contribution in [3.63, 3.8) is 0 Å². The van der Waals surface area contributed by atoms with E-state index in [1.165, 1.54) is 6.07 Å². The normalized spacial score (nSPS) is 14.8. The van der Waals surface area contributed by atoms with E-state index in [1.807, 2.05) is 24.3 Å². The minimum Gasteiger partial charge on any atom is -0.497 e. The number of hydrogen-bond acceptors (Lipinski definition) is 3. The molecule has 1 fully saturated rings. The topological polar surface area (TPSA) is 41.6 Å². The van der Waals surface area contributed by atoms with Gasteiger partial charge in [-0.1, -0.05) is 24.3 Å². The molecular weight excluding hydrogens is 410 g/mol. The lowest BCUT2D eigenvalue weighted by molar-refractivity contribution is 0.0909. The van der Waals surface area contributed by atoms with Crippen molar-refractivity contribution in [1.82, 2.24) is 10.2 Å². The first-order valence-corrected chi connectivity index (χ1v) is 10.7. The molecule has 0 aromatic heterocycles. The molecule has 1 heterocycles. The molecule has 3 aromatic carbocycles. The Bertz CT molecular complexity index is 1080. The van der Waals surface area contributed by atoms with Gasteiger partial charge in [-0.15, -0.1) is 0 Å². The van der Waals surface area contributed by atoms with Crippen LogP contribution in [-0.4, -0.2) is 37.0 Å². The number of ether oxygens (including phenoxy) is 1. The van der Waals surface area contributed by atoms with Gasteiger partial charge in [0.2, 0.25) is 0 Å². The van der Waals surface area contributed by atoms with Crippen LogP contribution in [0.4, 0.5) is 8.78 Å². The van der Waals surface area contributed by atoms with Crippen LogP contribution in [0.25, 0.3) is 11.1 Å². The Morgan fingerprint density at radius 1 is 0.969 bits per heavy atom. The van der Waals surface area contributed by atoms with Crippen LogP contribution in [0.5, 0.6) is 5.75 Å². The average molecular weight is 437 g/mol. The van der Waals surface area contributed by atoms with Crippen molar-refractivity contribution in [2.45, 2.75) is 25.4 Å². The molecule has 0 bridgehead atoms. The highest BCUT2D eigenvalue weighted by Gasteiger charge is 2.21. The van der Waals surface area contributed by atoms with Gasteiger partial charge in [0.05, 0.1) is 7.11 Å². The van der Waals surface area contributed by atoms with Crippen LogP contribution in [-0.2, 0) is 6.54 Å². The van der Waals surface area contributed by atoms with E-state index in [9.17, 15) is 13.6 Å². The predicted octanol–water partition coefficient (Wildman–Crippen LogP) is 5.03. The van der Waals surface area contributed by atoms with Gasteiger partial charge in [-0.05, 0) is 72.0 Å². The van der Waals surface area contributed by atoms with Crippen molar-refractivity contribution in [2.75, 3.05) is 20.2 Å². The summed E-state index contributed by atoms with van der Waals surface area (Å²) < 4.78 is 31.9. The van der Waals surface area contributed by atoms with E-state index in [2.05, 4.69) is 10.2 Å². The molecule has 1 aliphatic heterocycles. The molecule has 0 atom stereocenters. The van der Waals surface area contributed by atoms with Crippen molar-refractivity contribution in [1.29, 1.82) is 0 Å². The zero-order chi connectivity index (χ0) is 22.5. The summed E-state index contributed by atoms with van der Waals surface area (Å²) in [6.07, 6.45) is 1.76. The molecule has 0 unspecified atom stereocenters. The van der Waals surface area contributed by atoms with Gasteiger partial charge in [-0.3, -0.25) is 9.69 Å². The third-order valence-electron chi connectivity index (χ3n) is 5.86. The van der Waals surface area contributed by atoms with E-state index < -0.39 is 11.6 Å². The predicted molar refractivity (Wildman–Crippen MR) is 121 cm³/mol. The fourth-order valence-corrected chi connectivity index (χ4v) is 4.03. The Kier molecular flexibility index (Phi) is 6.81. The molecule has 0 aliphatic carbocycles. The molecule has 0 radical (unpaired) electrons. The summed E-state index contributed by atoms with van der Waals surface area (Å²) in [4.78, 5) is 14.8. The monoisotopic (exact) mass is 436 g/mol. The maximum atomic E-state index is 13.6. The van der Waals surface area contributed by atoms with E-state index in [1.54, 1.807) is 37.4 Å². The SMILES string of the molecule is COc1ccc(C(=O)NC2CCN(Cc3cccc(-c4ccc(F)c(F)c4)c3)CC2)cc1. The number of benzene rings is 3. The number of methoxy groups -OCH3 is 1. The zero-order valence-corrected chi connectivity index (χ0v) is 18.0. The van der Waals surface area contributed by atoms with Crippen molar-refractivity contribution in [3.05, 3.63) is 89.5 Å². The molecule has 1 amide bonds. The zero-order valence-electron chi connectivity index (χ0n) is 18.0. The fourth-order valence-electron chi connectivity index (χ4n) is 4.03. The maximum Gasteiger partial charge on any atom is 0.251 e. The van der Waals surface area contributed by atoms with Crippen LogP contribution >= 0.6 is 0 Å². The number of halogens is 2. The lowest BCUT2D eigenvalue weighted by Crippen LogP contribution is -2.44. The van der Waals surface area contributed by atoms with Crippen LogP contribution < -0.4 is 10.1 Å². The Labute approximate surface area is 186 Å². The second-order valence-electron chi connectivity index (χ2n) is 8.08. The third-order valence-corrected chi connectivity index (χ3v) is 5.86. The van der Waals surface area contributed by atoms with E-state index in [4.69, 9.17) is 4.74 Å². The smallest absolute Gasteiger partial charge is 0.251 e. The molecule has 4 rings (SSSR count). The van der Waals surface area contributed by atoms with Crippen LogP contribution in [0, 0.1) is 11.6 Å². The summed E-state index contributed by atoms with van der Waals surface area (Å²) in [7, 11) is 1.60. The van der Waals surface area contributed by atoms with Gasteiger partial charge in [0.25, 0.3) is 5.91 Å². The highest BCUT2D eigenvalue weighted by Crippen LogP contribution is 2.24. The Morgan fingerprint density at radius 3 is 2.38 bits per heavy atom. The van der Waals surface area contributed by atoms with Gasteiger partial charge in [-0.2, -0.15) is 0 Å². The summed E-state index contributed by atoms with van der Waals surface area (Å²) >= 11 is 0. The van der Waals surface area contributed by atoms with E-state index in [0.29, 0.717) is 11.1 Å². The number of likely N-dealkylation sites (tertiary alicyclic amines) is 1. The molecule has 1 N–H and O–H groups in total. The number of carbonyl (C=O) groups is 1. The second-order valence-corrected chi connectivity index (χ2v) is 8.08. The molecule has 0 spiro atoms. The molecule has 166 valence electrons. The molecule has 3 aromatic rings. The van der Waals surface area contributed by atoms with Gasteiger partial charge >= 0.3 is 0 Å². The second kappa shape index (κ2) is 9.92. The summed E-state index contributed by atoms with van der Waals surface area (Å²) in [5.41, 5.74) is 3.27. The van der Waals surface area contributed by atoms with Gasteiger partial charge in [0.15, 0.2) is 11.6 Å². The highest BCUT2D eigenvalue weighted by atomic mass is 19.2. The third kappa shape index (κ3) is 5.32. The number of nitrogens with zero attached hydrogens (tertiary/aromatic N) is 1. The quantitative estimate of drug-likeness (QED) is 0.589. The molecule has 32 heavy (non-hydrogen) atoms. The first-order valence-electron chi connectivity index (χ1n) is 10.7. The van der Waals surface area contributed by atoms with Gasteiger partial charge in [0.1, 0.15) is 5.75 Å². The number of carbonyl (C=O) groups excluding carboxylic acids is 1. The number of hydrogen-bond donors (Lipinski definition) is 1. The highest BCUT2D eigenvalue weighted by molar-refractivity contribution is 5.94. The molecule has 0 saturated carbocycles. The lowest BCUT2D eigenvalue weighted by Gasteiger charge is -2.32. The summed E-state index contributed by atoms with van der Waals surface area (Å²) in [5, 5.41) is 3.12. The molecule has 4 nitrogen and oxygen atoms in total. The standard InChI is InChI=1S/C26H26F2N2O2/c1-32-23-8-5-19(6-9-23)26(31)29-22-11-13-30(14-12-22)17-18-3-2-4-20(15-18)21-7-10-24(27)25(28)16-21/h2-10,15-16,22H,11-14,17H2,1H3,(H,29,31). The Balaban J connectivity index is 1.31. The van der Waals surface area contributed by atoms with Crippen molar-refractivity contribution < 1.29 is 18.3 Å². The fraction of sp³-hybridized carbons (Fsp3) is 0.269. The largest absolute Gasteiger partial charge is 0.497 e. The number of amides is 1. The minimum atomic E-state index is -0.841. The Hall–Kier alpha value is -3.25. The van der Waals surface area contributed by atoms with Crippen molar-refractivity contribution in [2.24, 2.45) is 0 Å². The van der Waals surface area contributed by atoms with Crippen LogP contribution in [0.3, 0.4) is 0 Å². The summed E-state index contributed by atoms with van der Waals surface area (Å²) in [6, 6.07) is 19.1. The van der Waals surface area contributed by atoms with Crippen LogP contribution in [0.2, 0.25) is 0 Å². The van der Waals surface area contributed by atoms with Crippen LogP contribution in [0.15, 0.2) is 66.7 Å². The summed E-state index contributed by atoms with van der Waals surface area (Å²) in [5.74, 6) is -1.02. The summed E-state index contributed by atoms with van der Waals surface area (Å²) in [6.45, 7) is 2.53. The average Bonchev–Trinajstić information content (AvgIpc) is 2.82. The van der Waals surface area contributed by atoms with E-state index in [0.717, 1.165) is 55.4 Å². The molecule has 1 saturated heterocycles. The Morgan fingerprint density at radius 2 is 1.69 bits per heavy atom.